The molecule has 0 unspecified atom stereocenters. The van der Waals surface area contributed by atoms with E-state index in [1.807, 2.05) is 13.0 Å². The Morgan fingerprint density at radius 2 is 2.00 bits per heavy atom. The Hall–Kier alpha value is -2.63. The number of aromatic nitrogens is 1. The molecule has 2 aromatic rings. The van der Waals surface area contributed by atoms with E-state index in [2.05, 4.69) is 10.3 Å². The van der Waals surface area contributed by atoms with Gasteiger partial charge in [0, 0.05) is 12.6 Å². The van der Waals surface area contributed by atoms with Crippen LogP contribution in [0.15, 0.2) is 42.5 Å². The molecule has 6 heteroatoms. The molecule has 104 valence electrons. The molecule has 0 aliphatic carbocycles. The van der Waals surface area contributed by atoms with Gasteiger partial charge in [0.25, 0.3) is 0 Å². The number of benzene rings is 1. The van der Waals surface area contributed by atoms with Gasteiger partial charge in [0.05, 0.1) is 4.92 Å². The molecule has 6 nitrogen and oxygen atoms in total. The number of para-hydroxylation sites is 1. The van der Waals surface area contributed by atoms with Crippen molar-refractivity contribution in [3.8, 4) is 11.6 Å². The molecule has 20 heavy (non-hydrogen) atoms. The fraction of sp³-hybridized carbons (Fsp3) is 0.214. The molecule has 1 N–H and O–H groups in total. The molecular formula is C14H15N3O3. The second-order valence-electron chi connectivity index (χ2n) is 4.12. The van der Waals surface area contributed by atoms with Crippen molar-refractivity contribution >= 4 is 11.5 Å². The second-order valence-corrected chi connectivity index (χ2v) is 4.12. The number of hydrogen-bond donors (Lipinski definition) is 1. The van der Waals surface area contributed by atoms with E-state index in [1.165, 1.54) is 6.07 Å². The monoisotopic (exact) mass is 273 g/mol. The quantitative estimate of drug-likeness (QED) is 0.642. The Bertz CT molecular complexity index is 587. The zero-order valence-corrected chi connectivity index (χ0v) is 11.1. The van der Waals surface area contributed by atoms with E-state index >= 15 is 0 Å². The van der Waals surface area contributed by atoms with Crippen LogP contribution >= 0.6 is 0 Å². The summed E-state index contributed by atoms with van der Waals surface area (Å²) in [6, 6.07) is 11.8. The molecule has 0 fully saturated rings. The van der Waals surface area contributed by atoms with Crippen molar-refractivity contribution in [2.75, 3.05) is 11.9 Å². The molecule has 0 aliphatic rings. The van der Waals surface area contributed by atoms with Gasteiger partial charge < -0.3 is 10.1 Å². The fourth-order valence-electron chi connectivity index (χ4n) is 1.60. The normalized spacial score (nSPS) is 10.1. The van der Waals surface area contributed by atoms with E-state index < -0.39 is 4.92 Å². The summed E-state index contributed by atoms with van der Waals surface area (Å²) in [4.78, 5) is 14.6. The van der Waals surface area contributed by atoms with Crippen LogP contribution in [0.2, 0.25) is 0 Å². The van der Waals surface area contributed by atoms with Crippen LogP contribution in [0.5, 0.6) is 11.6 Å². The predicted molar refractivity (Wildman–Crippen MR) is 76.2 cm³/mol. The molecule has 2 rings (SSSR count). The van der Waals surface area contributed by atoms with E-state index in [4.69, 9.17) is 4.74 Å². The molecule has 0 aliphatic heterocycles. The van der Waals surface area contributed by atoms with Crippen LogP contribution in [0.1, 0.15) is 13.3 Å². The van der Waals surface area contributed by atoms with Crippen molar-refractivity contribution in [3.63, 3.8) is 0 Å². The van der Waals surface area contributed by atoms with Crippen molar-refractivity contribution in [3.05, 3.63) is 52.6 Å². The number of nitrogens with one attached hydrogen (secondary N) is 1. The summed E-state index contributed by atoms with van der Waals surface area (Å²) in [6.07, 6.45) is 0.938. The molecule has 1 aromatic heterocycles. The second kappa shape index (κ2) is 6.51. The van der Waals surface area contributed by atoms with Crippen molar-refractivity contribution in [1.82, 2.24) is 4.98 Å². The van der Waals surface area contributed by atoms with Crippen LogP contribution in [0.25, 0.3) is 0 Å². The largest absolute Gasteiger partial charge is 0.434 e. The summed E-state index contributed by atoms with van der Waals surface area (Å²) in [5.41, 5.74) is -0.157. The number of nitro groups is 1. The van der Waals surface area contributed by atoms with Gasteiger partial charge in [-0.3, -0.25) is 10.1 Å². The van der Waals surface area contributed by atoms with Gasteiger partial charge in [0.2, 0.25) is 0 Å². The van der Waals surface area contributed by atoms with E-state index in [1.54, 1.807) is 30.3 Å². The van der Waals surface area contributed by atoms with E-state index in [0.29, 0.717) is 11.6 Å². The minimum Gasteiger partial charge on any atom is -0.434 e. The highest BCUT2D eigenvalue weighted by Crippen LogP contribution is 2.30. The number of hydrogen-bond acceptors (Lipinski definition) is 5. The average Bonchev–Trinajstić information content (AvgIpc) is 2.46. The van der Waals surface area contributed by atoms with Gasteiger partial charge in [-0.15, -0.1) is 0 Å². The summed E-state index contributed by atoms with van der Waals surface area (Å²) in [7, 11) is 0. The summed E-state index contributed by atoms with van der Waals surface area (Å²) in [6.45, 7) is 2.77. The van der Waals surface area contributed by atoms with Crippen molar-refractivity contribution in [2.45, 2.75) is 13.3 Å². The maximum Gasteiger partial charge on any atom is 0.331 e. The maximum atomic E-state index is 11.0. The first-order valence-electron chi connectivity index (χ1n) is 6.33. The predicted octanol–water partition coefficient (Wildman–Crippen LogP) is 3.60. The smallest absolute Gasteiger partial charge is 0.331 e. The lowest BCUT2D eigenvalue weighted by Crippen LogP contribution is -2.04. The standard InChI is InChI=1S/C14H15N3O3/c1-2-10-15-13-9-8-12(17(18)19)14(16-13)20-11-6-4-3-5-7-11/h3-9H,2,10H2,1H3,(H,15,16). The molecular weight excluding hydrogens is 258 g/mol. The third kappa shape index (κ3) is 3.44. The first-order chi connectivity index (χ1) is 9.70. The first-order valence-corrected chi connectivity index (χ1v) is 6.33. The SMILES string of the molecule is CCCNc1ccc([N+](=O)[O-])c(Oc2ccccc2)n1. The Balaban J connectivity index is 2.29. The Morgan fingerprint density at radius 3 is 2.65 bits per heavy atom. The summed E-state index contributed by atoms with van der Waals surface area (Å²) < 4.78 is 5.50. The molecule has 0 saturated carbocycles. The summed E-state index contributed by atoms with van der Waals surface area (Å²) >= 11 is 0. The third-order valence-corrected chi connectivity index (χ3v) is 2.55. The lowest BCUT2D eigenvalue weighted by Gasteiger charge is -2.08. The van der Waals surface area contributed by atoms with Gasteiger partial charge in [0.15, 0.2) is 0 Å². The van der Waals surface area contributed by atoms with Gasteiger partial charge in [0.1, 0.15) is 11.6 Å². The van der Waals surface area contributed by atoms with E-state index in [0.717, 1.165) is 13.0 Å². The highest BCUT2D eigenvalue weighted by atomic mass is 16.6. The van der Waals surface area contributed by atoms with Crippen LogP contribution in [0, 0.1) is 10.1 Å². The van der Waals surface area contributed by atoms with Crippen LogP contribution in [-0.4, -0.2) is 16.5 Å². The van der Waals surface area contributed by atoms with Crippen molar-refractivity contribution in [2.24, 2.45) is 0 Å². The number of nitrogens with zero attached hydrogens (tertiary/aromatic N) is 2. The fourth-order valence-corrected chi connectivity index (χ4v) is 1.60. The van der Waals surface area contributed by atoms with Gasteiger partial charge >= 0.3 is 11.6 Å². The number of pyridine rings is 1. The molecule has 0 bridgehead atoms. The lowest BCUT2D eigenvalue weighted by atomic mass is 10.3. The van der Waals surface area contributed by atoms with Crippen molar-refractivity contribution < 1.29 is 9.66 Å². The van der Waals surface area contributed by atoms with Gasteiger partial charge in [-0.1, -0.05) is 25.1 Å². The summed E-state index contributed by atoms with van der Waals surface area (Å²) in [5.74, 6) is 1.06. The van der Waals surface area contributed by atoms with Crippen LogP contribution in [-0.2, 0) is 0 Å². The van der Waals surface area contributed by atoms with Gasteiger partial charge in [-0.25, -0.2) is 0 Å². The van der Waals surface area contributed by atoms with Crippen molar-refractivity contribution in [1.29, 1.82) is 0 Å². The van der Waals surface area contributed by atoms with E-state index in [-0.39, 0.29) is 11.6 Å². The number of rotatable bonds is 6. The molecule has 0 atom stereocenters. The molecule has 1 aromatic carbocycles. The highest BCUT2D eigenvalue weighted by Gasteiger charge is 2.18. The minimum absolute atomic E-state index is 0.0118. The molecule has 0 saturated heterocycles. The average molecular weight is 273 g/mol. The molecule has 0 radical (unpaired) electrons. The Labute approximate surface area is 116 Å². The third-order valence-electron chi connectivity index (χ3n) is 2.55. The Morgan fingerprint density at radius 1 is 1.25 bits per heavy atom. The molecule has 0 spiro atoms. The number of anilines is 1. The molecule has 1 heterocycles. The van der Waals surface area contributed by atoms with Crippen LogP contribution in [0.4, 0.5) is 11.5 Å². The minimum atomic E-state index is -0.505. The molecule has 0 amide bonds. The van der Waals surface area contributed by atoms with Gasteiger partial charge in [-0.05, 0) is 24.6 Å². The van der Waals surface area contributed by atoms with Crippen LogP contribution in [0.3, 0.4) is 0 Å². The number of ether oxygens (including phenoxy) is 1. The zero-order valence-electron chi connectivity index (χ0n) is 11.1. The van der Waals surface area contributed by atoms with E-state index in [9.17, 15) is 10.1 Å². The summed E-state index contributed by atoms with van der Waals surface area (Å²) in [5, 5.41) is 14.1. The van der Waals surface area contributed by atoms with Gasteiger partial charge in [-0.2, -0.15) is 4.98 Å². The Kier molecular flexibility index (Phi) is 4.49. The maximum absolute atomic E-state index is 11.0. The lowest BCUT2D eigenvalue weighted by molar-refractivity contribution is -0.386. The topological polar surface area (TPSA) is 77.3 Å². The highest BCUT2D eigenvalue weighted by molar-refractivity contribution is 5.50. The zero-order chi connectivity index (χ0) is 14.4. The first kappa shape index (κ1) is 13.8. The van der Waals surface area contributed by atoms with Crippen LogP contribution < -0.4 is 10.1 Å².